The van der Waals surface area contributed by atoms with E-state index >= 15 is 0 Å². The molecule has 0 unspecified atom stereocenters. The highest BCUT2D eigenvalue weighted by Gasteiger charge is 2.29. The molecule has 6 heteroatoms. The van der Waals surface area contributed by atoms with Gasteiger partial charge in [0, 0.05) is 24.0 Å². The van der Waals surface area contributed by atoms with Crippen molar-refractivity contribution in [2.75, 3.05) is 26.3 Å². The normalized spacial score (nSPS) is 17.8. The van der Waals surface area contributed by atoms with Crippen molar-refractivity contribution in [2.45, 2.75) is 25.4 Å². The van der Waals surface area contributed by atoms with Crippen LogP contribution in [-0.4, -0.2) is 43.2 Å². The maximum atomic E-state index is 13.0. The molecule has 1 aromatic heterocycles. The quantitative estimate of drug-likeness (QED) is 0.859. The van der Waals surface area contributed by atoms with Crippen LogP contribution in [0.5, 0.6) is 0 Å². The van der Waals surface area contributed by atoms with Crippen molar-refractivity contribution in [1.29, 1.82) is 0 Å². The van der Waals surface area contributed by atoms with Crippen molar-refractivity contribution < 1.29 is 13.9 Å². The fourth-order valence-electron chi connectivity index (χ4n) is 3.23. The van der Waals surface area contributed by atoms with Gasteiger partial charge in [-0.05, 0) is 36.1 Å². The fraction of sp³-hybridized carbons (Fsp3) is 0.421. The molecule has 2 aromatic rings. The Morgan fingerprint density at radius 3 is 2.64 bits per heavy atom. The zero-order valence-electron chi connectivity index (χ0n) is 14.3. The summed E-state index contributed by atoms with van der Waals surface area (Å²) in [6.45, 7) is 5.21. The zero-order chi connectivity index (χ0) is 17.6. The lowest BCUT2D eigenvalue weighted by molar-refractivity contribution is -0.121. The number of morpholine rings is 1. The lowest BCUT2D eigenvalue weighted by Gasteiger charge is -2.37. The minimum Gasteiger partial charge on any atom is -0.379 e. The van der Waals surface area contributed by atoms with Gasteiger partial charge in [-0.2, -0.15) is 0 Å². The summed E-state index contributed by atoms with van der Waals surface area (Å²) in [6, 6.07) is 10.3. The summed E-state index contributed by atoms with van der Waals surface area (Å²) in [6.07, 6.45) is 0.255. The molecule has 0 spiro atoms. The number of ether oxygens (including phenoxy) is 1. The summed E-state index contributed by atoms with van der Waals surface area (Å²) >= 11 is 1.71. The van der Waals surface area contributed by atoms with Gasteiger partial charge in [0.25, 0.3) is 0 Å². The second-order valence-electron chi connectivity index (χ2n) is 6.27. The molecule has 0 saturated carbocycles. The van der Waals surface area contributed by atoms with E-state index in [4.69, 9.17) is 4.74 Å². The third-order valence-corrected chi connectivity index (χ3v) is 5.36. The summed E-state index contributed by atoms with van der Waals surface area (Å²) in [4.78, 5) is 16.0. The van der Waals surface area contributed by atoms with Crippen LogP contribution in [0, 0.1) is 5.82 Å². The molecule has 1 fully saturated rings. The van der Waals surface area contributed by atoms with Crippen LogP contribution in [0.1, 0.15) is 23.4 Å². The monoisotopic (exact) mass is 362 g/mol. The van der Waals surface area contributed by atoms with E-state index in [1.165, 1.54) is 17.0 Å². The second-order valence-corrected chi connectivity index (χ2v) is 7.25. The molecule has 2 heterocycles. The van der Waals surface area contributed by atoms with Gasteiger partial charge in [-0.25, -0.2) is 4.39 Å². The van der Waals surface area contributed by atoms with Crippen molar-refractivity contribution in [3.05, 3.63) is 58.0 Å². The maximum absolute atomic E-state index is 13.0. The Morgan fingerprint density at radius 2 is 2.00 bits per heavy atom. The van der Waals surface area contributed by atoms with Crippen LogP contribution >= 0.6 is 11.3 Å². The van der Waals surface area contributed by atoms with Gasteiger partial charge in [-0.3, -0.25) is 9.69 Å². The number of nitrogens with zero attached hydrogens (tertiary/aromatic N) is 1. The molecule has 25 heavy (non-hydrogen) atoms. The van der Waals surface area contributed by atoms with E-state index in [1.807, 2.05) is 13.0 Å². The van der Waals surface area contributed by atoms with E-state index < -0.39 is 0 Å². The predicted octanol–water partition coefficient (Wildman–Crippen LogP) is 3.01. The van der Waals surface area contributed by atoms with Gasteiger partial charge in [0.2, 0.25) is 5.91 Å². The lowest BCUT2D eigenvalue weighted by Crippen LogP contribution is -2.48. The highest BCUT2D eigenvalue weighted by atomic mass is 32.1. The van der Waals surface area contributed by atoms with Crippen molar-refractivity contribution in [3.63, 3.8) is 0 Å². The Kier molecular flexibility index (Phi) is 6.18. The molecule has 1 saturated heterocycles. The topological polar surface area (TPSA) is 41.6 Å². The molecule has 4 nitrogen and oxygen atoms in total. The number of rotatable bonds is 6. The van der Waals surface area contributed by atoms with Crippen LogP contribution in [-0.2, 0) is 16.0 Å². The van der Waals surface area contributed by atoms with Gasteiger partial charge in [0.15, 0.2) is 0 Å². The fourth-order valence-corrected chi connectivity index (χ4v) is 4.19. The molecule has 134 valence electrons. The summed E-state index contributed by atoms with van der Waals surface area (Å²) in [7, 11) is 0. The standard InChI is InChI=1S/C19H23FN2O2S/c1-14(21-18(23)13-15-4-6-16(20)7-5-15)19(17-3-2-12-25-17)22-8-10-24-11-9-22/h2-7,12,14,19H,8-11,13H2,1H3,(H,21,23)/t14-,19-/m1/s1. The SMILES string of the molecule is C[C@@H](NC(=O)Cc1ccc(F)cc1)[C@H](c1cccs1)N1CCOCC1. The molecule has 3 rings (SSSR count). The number of nitrogens with one attached hydrogen (secondary N) is 1. The Balaban J connectivity index is 1.66. The van der Waals surface area contributed by atoms with E-state index in [9.17, 15) is 9.18 Å². The van der Waals surface area contributed by atoms with Gasteiger partial charge < -0.3 is 10.1 Å². The molecule has 0 bridgehead atoms. The number of amides is 1. The van der Waals surface area contributed by atoms with Crippen molar-refractivity contribution in [2.24, 2.45) is 0 Å². The van der Waals surface area contributed by atoms with E-state index in [2.05, 4.69) is 21.7 Å². The summed E-state index contributed by atoms with van der Waals surface area (Å²) in [5.41, 5.74) is 0.810. The van der Waals surface area contributed by atoms with Crippen molar-refractivity contribution in [1.82, 2.24) is 10.2 Å². The highest BCUT2D eigenvalue weighted by molar-refractivity contribution is 7.10. The highest BCUT2D eigenvalue weighted by Crippen LogP contribution is 2.29. The van der Waals surface area contributed by atoms with Gasteiger partial charge in [-0.15, -0.1) is 11.3 Å². The van der Waals surface area contributed by atoms with Gasteiger partial charge in [0.1, 0.15) is 5.82 Å². The van der Waals surface area contributed by atoms with Crippen LogP contribution in [0.4, 0.5) is 4.39 Å². The number of hydrogen-bond donors (Lipinski definition) is 1. The van der Waals surface area contributed by atoms with Crippen LogP contribution in [0.15, 0.2) is 41.8 Å². The number of carbonyl (C=O) groups excluding carboxylic acids is 1. The van der Waals surface area contributed by atoms with Crippen LogP contribution in [0.2, 0.25) is 0 Å². The first-order valence-corrected chi connectivity index (χ1v) is 9.40. The third kappa shape index (κ3) is 4.87. The first-order valence-electron chi connectivity index (χ1n) is 8.52. The van der Waals surface area contributed by atoms with Crippen molar-refractivity contribution in [3.8, 4) is 0 Å². The lowest BCUT2D eigenvalue weighted by atomic mass is 10.0. The van der Waals surface area contributed by atoms with E-state index in [0.717, 1.165) is 31.9 Å². The van der Waals surface area contributed by atoms with Crippen LogP contribution in [0.25, 0.3) is 0 Å². The van der Waals surface area contributed by atoms with E-state index in [1.54, 1.807) is 23.5 Å². The van der Waals surface area contributed by atoms with Crippen LogP contribution in [0.3, 0.4) is 0 Å². The average Bonchev–Trinajstić information content (AvgIpc) is 3.12. The molecule has 1 N–H and O–H groups in total. The van der Waals surface area contributed by atoms with Crippen molar-refractivity contribution >= 4 is 17.2 Å². The maximum Gasteiger partial charge on any atom is 0.224 e. The average molecular weight is 362 g/mol. The largest absolute Gasteiger partial charge is 0.379 e. The second kappa shape index (κ2) is 8.56. The minimum atomic E-state index is -0.289. The summed E-state index contributed by atoms with van der Waals surface area (Å²) < 4.78 is 18.4. The summed E-state index contributed by atoms with van der Waals surface area (Å²) in [5, 5.41) is 5.19. The Morgan fingerprint density at radius 1 is 1.28 bits per heavy atom. The van der Waals surface area contributed by atoms with E-state index in [0.29, 0.717) is 0 Å². The Labute approximate surface area is 151 Å². The molecule has 1 aliphatic heterocycles. The number of carbonyl (C=O) groups is 1. The van der Waals surface area contributed by atoms with E-state index in [-0.39, 0.29) is 30.2 Å². The number of thiophene rings is 1. The van der Waals surface area contributed by atoms with Gasteiger partial charge >= 0.3 is 0 Å². The molecular weight excluding hydrogens is 339 g/mol. The van der Waals surface area contributed by atoms with Gasteiger partial charge in [-0.1, -0.05) is 18.2 Å². The molecule has 0 aliphatic carbocycles. The smallest absolute Gasteiger partial charge is 0.224 e. The molecule has 2 atom stereocenters. The molecular formula is C19H23FN2O2S. The number of hydrogen-bond acceptors (Lipinski definition) is 4. The minimum absolute atomic E-state index is 0.0234. The summed E-state index contributed by atoms with van der Waals surface area (Å²) in [5.74, 6) is -0.337. The molecule has 1 aromatic carbocycles. The molecule has 1 aliphatic rings. The number of halogens is 1. The predicted molar refractivity (Wildman–Crippen MR) is 97.2 cm³/mol. The number of benzene rings is 1. The third-order valence-electron chi connectivity index (χ3n) is 4.41. The van der Waals surface area contributed by atoms with Crippen LogP contribution < -0.4 is 5.32 Å². The molecule has 1 amide bonds. The van der Waals surface area contributed by atoms with Gasteiger partial charge in [0.05, 0.1) is 25.7 Å². The Hall–Kier alpha value is -1.76. The molecule has 0 radical (unpaired) electrons. The first kappa shape index (κ1) is 18.0. The Bertz CT molecular complexity index is 669. The zero-order valence-corrected chi connectivity index (χ0v) is 15.1. The first-order chi connectivity index (χ1) is 12.1.